The van der Waals surface area contributed by atoms with Crippen LogP contribution in [0.5, 0.6) is 5.75 Å². The second kappa shape index (κ2) is 15.6. The first kappa shape index (κ1) is 36.2. The molecule has 0 aliphatic rings. The zero-order valence-electron chi connectivity index (χ0n) is 29.8. The zero-order valence-corrected chi connectivity index (χ0v) is 30.6. The van der Waals surface area contributed by atoms with Crippen molar-refractivity contribution in [1.82, 2.24) is 9.97 Å². The monoisotopic (exact) mass is 692 g/mol. The van der Waals surface area contributed by atoms with E-state index in [0.717, 1.165) is 62.7 Å². The van der Waals surface area contributed by atoms with E-state index in [-0.39, 0.29) is 11.6 Å². The molecule has 0 fully saturated rings. The van der Waals surface area contributed by atoms with Crippen molar-refractivity contribution in [3.63, 3.8) is 0 Å². The Labute approximate surface area is 297 Å². The fraction of sp³-hybridized carbons (Fsp3) is 0.325. The summed E-state index contributed by atoms with van der Waals surface area (Å²) < 4.78 is 12.7. The van der Waals surface area contributed by atoms with Gasteiger partial charge in [0, 0.05) is 54.8 Å². The van der Waals surface area contributed by atoms with Crippen LogP contribution in [0.2, 0.25) is 0 Å². The van der Waals surface area contributed by atoms with Crippen LogP contribution in [0.25, 0.3) is 31.9 Å². The standard InChI is InChI=1S/C40H44N4O5S/c1-26(45)33-18-17-32(24-34(33)27(2)46)48-22-10-8-9-21-44(39(47)49-40(3,4)5)31-16-19-35-36(23-31)50-38(42-35)29-13-11-28(12-14-29)30-15-20-37(41-25-30)43(6)7/h11-20,23-25H,8-10,21-22H2,1-7H3. The van der Waals surface area contributed by atoms with Gasteiger partial charge >= 0.3 is 6.09 Å². The fourth-order valence-corrected chi connectivity index (χ4v) is 6.43. The molecular weight excluding hydrogens is 649 g/mol. The number of hydrogen-bond donors (Lipinski definition) is 0. The number of carbonyl (C=O) groups is 3. The summed E-state index contributed by atoms with van der Waals surface area (Å²) >= 11 is 1.59. The normalized spacial score (nSPS) is 11.3. The molecule has 9 nitrogen and oxygen atoms in total. The number of nitrogens with zero attached hydrogens (tertiary/aromatic N) is 4. The third-order valence-corrected chi connectivity index (χ3v) is 9.08. The summed E-state index contributed by atoms with van der Waals surface area (Å²) in [6.45, 7) is 9.39. The lowest BCUT2D eigenvalue weighted by atomic mass is 10.0. The molecule has 0 aliphatic heterocycles. The fourth-order valence-electron chi connectivity index (χ4n) is 5.42. The average Bonchev–Trinajstić information content (AvgIpc) is 3.50. The highest BCUT2D eigenvalue weighted by Gasteiger charge is 2.24. The van der Waals surface area contributed by atoms with Crippen LogP contribution in [0.3, 0.4) is 0 Å². The number of rotatable bonds is 13. The second-order valence-corrected chi connectivity index (χ2v) is 14.4. The number of amides is 1. The van der Waals surface area contributed by atoms with Crippen molar-refractivity contribution in [1.29, 1.82) is 0 Å². The largest absolute Gasteiger partial charge is 0.494 e. The summed E-state index contributed by atoms with van der Waals surface area (Å²) in [6.07, 6.45) is 3.78. The first-order chi connectivity index (χ1) is 23.8. The number of aromatic nitrogens is 2. The number of hydrogen-bond acceptors (Lipinski definition) is 9. The molecule has 2 aromatic heterocycles. The van der Waals surface area contributed by atoms with Crippen LogP contribution in [-0.2, 0) is 4.74 Å². The molecule has 0 radical (unpaired) electrons. The van der Waals surface area contributed by atoms with Gasteiger partial charge in [0.2, 0.25) is 0 Å². The van der Waals surface area contributed by atoms with E-state index >= 15 is 0 Å². The third-order valence-electron chi connectivity index (χ3n) is 8.01. The summed E-state index contributed by atoms with van der Waals surface area (Å²) in [6, 6.07) is 23.3. The number of ketones is 2. The maximum Gasteiger partial charge on any atom is 0.414 e. The minimum Gasteiger partial charge on any atom is -0.494 e. The molecule has 0 aliphatic carbocycles. The Bertz CT molecular complexity index is 1980. The van der Waals surface area contributed by atoms with E-state index in [4.69, 9.17) is 14.5 Å². The molecule has 0 N–H and O–H groups in total. The first-order valence-corrected chi connectivity index (χ1v) is 17.5. The molecule has 3 aromatic carbocycles. The van der Waals surface area contributed by atoms with E-state index in [1.807, 2.05) is 70.2 Å². The van der Waals surface area contributed by atoms with Crippen molar-refractivity contribution in [3.05, 3.63) is 90.1 Å². The highest BCUT2D eigenvalue weighted by atomic mass is 32.1. The molecule has 0 atom stereocenters. The number of carbonyl (C=O) groups excluding carboxylic acids is 3. The SMILES string of the molecule is CC(=O)c1ccc(OCCCCCN(C(=O)OC(C)(C)C)c2ccc3nc(-c4ccc(-c5ccc(N(C)C)nc5)cc4)sc3c2)cc1C(C)=O. The Hall–Kier alpha value is -5.09. The van der Waals surface area contributed by atoms with Crippen LogP contribution < -0.4 is 14.5 Å². The lowest BCUT2D eigenvalue weighted by Crippen LogP contribution is -2.37. The minimum atomic E-state index is -0.641. The van der Waals surface area contributed by atoms with Gasteiger partial charge in [-0.15, -0.1) is 11.3 Å². The maximum atomic E-state index is 13.4. The van der Waals surface area contributed by atoms with E-state index in [2.05, 4.69) is 35.3 Å². The highest BCUT2D eigenvalue weighted by molar-refractivity contribution is 7.21. The Morgan fingerprint density at radius 3 is 2.12 bits per heavy atom. The van der Waals surface area contributed by atoms with E-state index < -0.39 is 11.7 Å². The lowest BCUT2D eigenvalue weighted by Gasteiger charge is -2.27. The van der Waals surface area contributed by atoms with Crippen LogP contribution in [0.15, 0.2) is 79.0 Å². The van der Waals surface area contributed by atoms with Crippen LogP contribution in [0.1, 0.15) is 74.6 Å². The highest BCUT2D eigenvalue weighted by Crippen LogP contribution is 2.34. The van der Waals surface area contributed by atoms with Gasteiger partial charge in [0.05, 0.1) is 16.8 Å². The number of fused-ring (bicyclic) bond motifs is 1. The predicted molar refractivity (Wildman–Crippen MR) is 202 cm³/mol. The molecule has 10 heteroatoms. The van der Waals surface area contributed by atoms with Crippen LogP contribution in [-0.4, -0.2) is 60.5 Å². The van der Waals surface area contributed by atoms with Gasteiger partial charge in [-0.25, -0.2) is 14.8 Å². The third kappa shape index (κ3) is 9.12. The Morgan fingerprint density at radius 2 is 1.48 bits per heavy atom. The van der Waals surface area contributed by atoms with Gasteiger partial charge in [0.15, 0.2) is 11.6 Å². The lowest BCUT2D eigenvalue weighted by molar-refractivity contribution is 0.0579. The van der Waals surface area contributed by atoms with E-state index in [0.29, 0.717) is 30.0 Å². The van der Waals surface area contributed by atoms with Crippen molar-refractivity contribution < 1.29 is 23.9 Å². The van der Waals surface area contributed by atoms with Crippen LogP contribution in [0, 0.1) is 0 Å². The predicted octanol–water partition coefficient (Wildman–Crippen LogP) is 9.49. The maximum absolute atomic E-state index is 13.4. The molecule has 0 bridgehead atoms. The molecular formula is C40H44N4O5S. The molecule has 50 heavy (non-hydrogen) atoms. The number of thiazole rings is 1. The van der Waals surface area contributed by atoms with Crippen molar-refractivity contribution in [2.24, 2.45) is 0 Å². The van der Waals surface area contributed by atoms with E-state index in [9.17, 15) is 14.4 Å². The van der Waals surface area contributed by atoms with Crippen molar-refractivity contribution in [3.8, 4) is 27.4 Å². The minimum absolute atomic E-state index is 0.155. The number of anilines is 2. The number of ether oxygens (including phenoxy) is 2. The Morgan fingerprint density at radius 1 is 0.780 bits per heavy atom. The van der Waals surface area contributed by atoms with Gasteiger partial charge in [0.25, 0.3) is 0 Å². The molecule has 5 rings (SSSR count). The van der Waals surface area contributed by atoms with Crippen molar-refractivity contribution >= 4 is 50.7 Å². The zero-order chi connectivity index (χ0) is 36.0. The summed E-state index contributed by atoms with van der Waals surface area (Å²) in [7, 11) is 3.95. The molecule has 0 unspecified atom stereocenters. The van der Waals surface area contributed by atoms with Gasteiger partial charge in [-0.2, -0.15) is 0 Å². The average molecular weight is 693 g/mol. The first-order valence-electron chi connectivity index (χ1n) is 16.7. The number of pyridine rings is 1. The summed E-state index contributed by atoms with van der Waals surface area (Å²) in [5.74, 6) is 1.13. The van der Waals surface area contributed by atoms with E-state index in [1.54, 1.807) is 34.4 Å². The number of Topliss-reactive ketones (excluding diaryl/α,β-unsaturated/α-hetero) is 2. The topological polar surface area (TPSA) is 102 Å². The Kier molecular flexibility index (Phi) is 11.3. The molecule has 1 amide bonds. The van der Waals surface area contributed by atoms with Crippen LogP contribution >= 0.6 is 11.3 Å². The van der Waals surface area contributed by atoms with Gasteiger partial charge in [0.1, 0.15) is 22.2 Å². The Balaban J connectivity index is 1.24. The van der Waals surface area contributed by atoms with E-state index in [1.165, 1.54) is 13.8 Å². The second-order valence-electron chi connectivity index (χ2n) is 13.4. The number of unbranched alkanes of at least 4 members (excludes halogenated alkanes) is 2. The molecule has 0 spiro atoms. The molecule has 260 valence electrons. The quantitative estimate of drug-likeness (QED) is 0.0889. The summed E-state index contributed by atoms with van der Waals surface area (Å²) in [5.41, 5.74) is 4.90. The summed E-state index contributed by atoms with van der Waals surface area (Å²) in [4.78, 5) is 50.4. The van der Waals surface area contributed by atoms with Gasteiger partial charge < -0.3 is 14.4 Å². The molecule has 0 saturated carbocycles. The molecule has 0 saturated heterocycles. The van der Waals surface area contributed by atoms with Crippen molar-refractivity contribution in [2.75, 3.05) is 37.0 Å². The molecule has 5 aromatic rings. The van der Waals surface area contributed by atoms with Crippen molar-refractivity contribution in [2.45, 2.75) is 59.5 Å². The van der Waals surface area contributed by atoms with Gasteiger partial charge in [-0.1, -0.05) is 24.3 Å². The van der Waals surface area contributed by atoms with Gasteiger partial charge in [-0.05, 0) is 108 Å². The van der Waals surface area contributed by atoms with Gasteiger partial charge in [-0.3, -0.25) is 14.5 Å². The number of benzene rings is 3. The molecule has 2 heterocycles. The summed E-state index contributed by atoms with van der Waals surface area (Å²) in [5, 5.41) is 0.903. The van der Waals surface area contributed by atoms with Crippen LogP contribution in [0.4, 0.5) is 16.3 Å². The smallest absolute Gasteiger partial charge is 0.414 e.